The number of ether oxygens (including phenoxy) is 1. The van der Waals surface area contributed by atoms with Crippen LogP contribution in [0.2, 0.25) is 0 Å². The molecule has 0 fully saturated rings. The number of carbonyl (C=O) groups is 2. The van der Waals surface area contributed by atoms with Crippen LogP contribution in [-0.2, 0) is 0 Å². The van der Waals surface area contributed by atoms with E-state index in [0.29, 0.717) is 17.9 Å². The molecule has 0 spiro atoms. The molecule has 2 N–H and O–H groups in total. The summed E-state index contributed by atoms with van der Waals surface area (Å²) in [6.45, 7) is 5.89. The van der Waals surface area contributed by atoms with Gasteiger partial charge in [-0.25, -0.2) is 4.79 Å². The summed E-state index contributed by atoms with van der Waals surface area (Å²) in [6.07, 6.45) is 1.68. The van der Waals surface area contributed by atoms with E-state index in [4.69, 9.17) is 4.74 Å². The largest absolute Gasteiger partial charge is 0.494 e. The van der Waals surface area contributed by atoms with E-state index in [0.717, 1.165) is 5.56 Å². The molecule has 0 heterocycles. The fraction of sp³-hybridized carbons (Fsp3) is 0.111. The molecule has 2 aromatic rings. The van der Waals surface area contributed by atoms with Gasteiger partial charge in [0, 0.05) is 5.56 Å². The normalized spacial score (nSPS) is 9.96. The zero-order valence-corrected chi connectivity index (χ0v) is 12.7. The minimum Gasteiger partial charge on any atom is -0.494 e. The molecule has 5 nitrogen and oxygen atoms in total. The van der Waals surface area contributed by atoms with Gasteiger partial charge in [-0.3, -0.25) is 4.79 Å². The fourth-order valence-electron chi connectivity index (χ4n) is 2.03. The van der Waals surface area contributed by atoms with Gasteiger partial charge in [0.2, 0.25) is 0 Å². The van der Waals surface area contributed by atoms with Crippen molar-refractivity contribution in [2.75, 3.05) is 11.9 Å². The van der Waals surface area contributed by atoms with E-state index in [1.807, 2.05) is 6.92 Å². The summed E-state index contributed by atoms with van der Waals surface area (Å²) >= 11 is 0. The average Bonchev–Trinajstić information content (AvgIpc) is 2.56. The number of anilines is 1. The Kier molecular flexibility index (Phi) is 5.15. The van der Waals surface area contributed by atoms with E-state index >= 15 is 0 Å². The summed E-state index contributed by atoms with van der Waals surface area (Å²) in [5.74, 6) is -1.07. The second kappa shape index (κ2) is 7.26. The molecule has 0 saturated heterocycles. The molecule has 5 heteroatoms. The lowest BCUT2D eigenvalue weighted by Gasteiger charge is -2.11. The summed E-state index contributed by atoms with van der Waals surface area (Å²) < 4.78 is 5.28. The lowest BCUT2D eigenvalue weighted by atomic mass is 10.1. The zero-order chi connectivity index (χ0) is 16.8. The molecule has 2 rings (SSSR count). The topological polar surface area (TPSA) is 75.6 Å². The molecule has 0 aliphatic heterocycles. The number of hydrogen-bond donors (Lipinski definition) is 2. The van der Waals surface area contributed by atoms with Crippen molar-refractivity contribution in [3.63, 3.8) is 0 Å². The predicted molar refractivity (Wildman–Crippen MR) is 89.1 cm³/mol. The molecule has 23 heavy (non-hydrogen) atoms. The Balaban J connectivity index is 2.25. The molecule has 118 valence electrons. The van der Waals surface area contributed by atoms with E-state index in [1.54, 1.807) is 36.4 Å². The Labute approximate surface area is 134 Å². The van der Waals surface area contributed by atoms with Crippen LogP contribution in [0.1, 0.15) is 33.2 Å². The zero-order valence-electron chi connectivity index (χ0n) is 12.7. The second-order valence-electron chi connectivity index (χ2n) is 4.73. The molecule has 0 saturated carbocycles. The van der Waals surface area contributed by atoms with Crippen molar-refractivity contribution in [2.45, 2.75) is 6.92 Å². The van der Waals surface area contributed by atoms with Gasteiger partial charge in [0.05, 0.1) is 17.9 Å². The van der Waals surface area contributed by atoms with Crippen molar-refractivity contribution >= 4 is 23.6 Å². The van der Waals surface area contributed by atoms with Crippen molar-refractivity contribution in [3.05, 3.63) is 65.7 Å². The van der Waals surface area contributed by atoms with E-state index in [-0.39, 0.29) is 17.2 Å². The SMILES string of the molecule is C=Cc1ccc(C(=O)Nc2ccc(OCC)cc2C(=O)O)cc1. The Hall–Kier alpha value is -3.08. The molecule has 1 amide bonds. The third kappa shape index (κ3) is 3.97. The van der Waals surface area contributed by atoms with Crippen molar-refractivity contribution < 1.29 is 19.4 Å². The highest BCUT2D eigenvalue weighted by Crippen LogP contribution is 2.23. The minimum atomic E-state index is -1.14. The first-order valence-electron chi connectivity index (χ1n) is 7.09. The van der Waals surface area contributed by atoms with Crippen LogP contribution in [0.4, 0.5) is 5.69 Å². The van der Waals surface area contributed by atoms with Gasteiger partial charge < -0.3 is 15.2 Å². The quantitative estimate of drug-likeness (QED) is 0.853. The Morgan fingerprint density at radius 3 is 2.48 bits per heavy atom. The van der Waals surface area contributed by atoms with Crippen LogP contribution < -0.4 is 10.1 Å². The third-order valence-electron chi connectivity index (χ3n) is 3.19. The average molecular weight is 311 g/mol. The lowest BCUT2D eigenvalue weighted by molar-refractivity contribution is 0.0697. The molecular weight excluding hydrogens is 294 g/mol. The van der Waals surface area contributed by atoms with Crippen LogP contribution >= 0.6 is 0 Å². The Morgan fingerprint density at radius 1 is 1.22 bits per heavy atom. The Morgan fingerprint density at radius 2 is 1.91 bits per heavy atom. The molecule has 0 unspecified atom stereocenters. The van der Waals surface area contributed by atoms with Gasteiger partial charge >= 0.3 is 5.97 Å². The van der Waals surface area contributed by atoms with Gasteiger partial charge in [0.25, 0.3) is 5.91 Å². The predicted octanol–water partition coefficient (Wildman–Crippen LogP) is 3.68. The molecule has 0 bridgehead atoms. The highest BCUT2D eigenvalue weighted by Gasteiger charge is 2.15. The van der Waals surface area contributed by atoms with Gasteiger partial charge in [-0.2, -0.15) is 0 Å². The molecule has 0 aromatic heterocycles. The number of benzene rings is 2. The molecule has 0 aliphatic carbocycles. The number of amides is 1. The van der Waals surface area contributed by atoms with E-state index in [2.05, 4.69) is 11.9 Å². The number of carbonyl (C=O) groups excluding carboxylic acids is 1. The molecular formula is C18H17NO4. The van der Waals surface area contributed by atoms with Crippen LogP contribution in [0.3, 0.4) is 0 Å². The van der Waals surface area contributed by atoms with Gasteiger partial charge in [-0.05, 0) is 42.8 Å². The maximum absolute atomic E-state index is 12.2. The van der Waals surface area contributed by atoms with Crippen molar-refractivity contribution in [3.8, 4) is 5.75 Å². The van der Waals surface area contributed by atoms with Crippen LogP contribution in [0.5, 0.6) is 5.75 Å². The minimum absolute atomic E-state index is 0.0213. The summed E-state index contributed by atoms with van der Waals surface area (Å²) in [7, 11) is 0. The number of nitrogens with one attached hydrogen (secondary N) is 1. The van der Waals surface area contributed by atoms with Crippen LogP contribution in [0.15, 0.2) is 49.0 Å². The standard InChI is InChI=1S/C18H17NO4/c1-3-12-5-7-13(8-6-12)17(20)19-16-10-9-14(23-4-2)11-15(16)18(21)22/h3,5-11H,1,4H2,2H3,(H,19,20)(H,21,22). The number of carboxylic acid groups (broad SMARTS) is 1. The smallest absolute Gasteiger partial charge is 0.337 e. The first kappa shape index (κ1) is 16.3. The molecule has 0 radical (unpaired) electrons. The maximum atomic E-state index is 12.2. The van der Waals surface area contributed by atoms with Gasteiger partial charge in [-0.1, -0.05) is 24.8 Å². The summed E-state index contributed by atoms with van der Waals surface area (Å²) in [5.41, 5.74) is 1.53. The maximum Gasteiger partial charge on any atom is 0.337 e. The van der Waals surface area contributed by atoms with Crippen molar-refractivity contribution in [1.82, 2.24) is 0 Å². The lowest BCUT2D eigenvalue weighted by Crippen LogP contribution is -2.15. The van der Waals surface area contributed by atoms with Gasteiger partial charge in [-0.15, -0.1) is 0 Å². The van der Waals surface area contributed by atoms with Crippen LogP contribution in [-0.4, -0.2) is 23.6 Å². The van der Waals surface area contributed by atoms with Gasteiger partial charge in [0.1, 0.15) is 5.75 Å². The second-order valence-corrected chi connectivity index (χ2v) is 4.73. The summed E-state index contributed by atoms with van der Waals surface area (Å²) in [5, 5.41) is 11.9. The number of carboxylic acids is 1. The van der Waals surface area contributed by atoms with Crippen LogP contribution in [0.25, 0.3) is 6.08 Å². The Bertz CT molecular complexity index is 735. The first-order chi connectivity index (χ1) is 11.0. The molecule has 0 aliphatic rings. The third-order valence-corrected chi connectivity index (χ3v) is 3.19. The number of hydrogen-bond acceptors (Lipinski definition) is 3. The monoisotopic (exact) mass is 311 g/mol. The highest BCUT2D eigenvalue weighted by atomic mass is 16.5. The molecule has 0 atom stereocenters. The van der Waals surface area contributed by atoms with Crippen molar-refractivity contribution in [1.29, 1.82) is 0 Å². The van der Waals surface area contributed by atoms with Crippen molar-refractivity contribution in [2.24, 2.45) is 0 Å². The van der Waals surface area contributed by atoms with E-state index in [9.17, 15) is 14.7 Å². The fourth-order valence-corrected chi connectivity index (χ4v) is 2.03. The first-order valence-corrected chi connectivity index (χ1v) is 7.09. The molecule has 2 aromatic carbocycles. The number of rotatable bonds is 6. The van der Waals surface area contributed by atoms with Crippen LogP contribution in [0, 0.1) is 0 Å². The highest BCUT2D eigenvalue weighted by molar-refractivity contribution is 6.07. The van der Waals surface area contributed by atoms with E-state index in [1.165, 1.54) is 12.1 Å². The summed E-state index contributed by atoms with van der Waals surface area (Å²) in [4.78, 5) is 23.6. The summed E-state index contributed by atoms with van der Waals surface area (Å²) in [6, 6.07) is 11.4. The number of aromatic carboxylic acids is 1. The van der Waals surface area contributed by atoms with Gasteiger partial charge in [0.15, 0.2) is 0 Å². The van der Waals surface area contributed by atoms with E-state index < -0.39 is 5.97 Å².